The van der Waals surface area contributed by atoms with Crippen LogP contribution >= 0.6 is 11.3 Å². The molecule has 2 fully saturated rings. The fourth-order valence-corrected chi connectivity index (χ4v) is 4.08. The van der Waals surface area contributed by atoms with Gasteiger partial charge in [0.15, 0.2) is 0 Å². The monoisotopic (exact) mass is 324 g/mol. The van der Waals surface area contributed by atoms with Gasteiger partial charge in [-0.3, -0.25) is 9.69 Å². The Kier molecular flexibility index (Phi) is 5.46. The summed E-state index contributed by atoms with van der Waals surface area (Å²) in [5.74, 6) is 0.646. The van der Waals surface area contributed by atoms with Gasteiger partial charge in [0.1, 0.15) is 0 Å². The number of nitrogens with zero attached hydrogens (tertiary/aromatic N) is 1. The number of carbonyl (C=O) groups is 1. The van der Waals surface area contributed by atoms with Gasteiger partial charge in [-0.1, -0.05) is 0 Å². The molecule has 1 aromatic rings. The van der Waals surface area contributed by atoms with Crippen molar-refractivity contribution in [3.05, 3.63) is 22.4 Å². The van der Waals surface area contributed by atoms with E-state index < -0.39 is 0 Å². The van der Waals surface area contributed by atoms with Crippen LogP contribution in [0.4, 0.5) is 0 Å². The Labute approximate surface area is 135 Å². The van der Waals surface area contributed by atoms with Crippen LogP contribution in [-0.2, 0) is 20.8 Å². The highest BCUT2D eigenvalue weighted by atomic mass is 32.1. The number of fused-ring (bicyclic) bond motifs is 1. The number of likely N-dealkylation sites (tertiary alicyclic amines) is 1. The molecule has 122 valence electrons. The third-order valence-corrected chi connectivity index (χ3v) is 5.15. The zero-order chi connectivity index (χ0) is 15.4. The van der Waals surface area contributed by atoms with Crippen LogP contribution in [-0.4, -0.2) is 56.4 Å². The molecule has 0 radical (unpaired) electrons. The van der Waals surface area contributed by atoms with Gasteiger partial charge in [-0.2, -0.15) is 11.3 Å². The van der Waals surface area contributed by atoms with Crippen molar-refractivity contribution in [1.29, 1.82) is 0 Å². The van der Waals surface area contributed by atoms with Gasteiger partial charge in [-0.15, -0.1) is 0 Å². The molecule has 0 saturated carbocycles. The fourth-order valence-electron chi connectivity index (χ4n) is 3.42. The first-order valence-electron chi connectivity index (χ1n) is 7.89. The third-order valence-electron chi connectivity index (χ3n) is 4.42. The molecule has 2 aliphatic rings. The summed E-state index contributed by atoms with van der Waals surface area (Å²) in [6, 6.07) is 2.19. The molecule has 2 saturated heterocycles. The Morgan fingerprint density at radius 2 is 2.45 bits per heavy atom. The number of thiophene rings is 1. The van der Waals surface area contributed by atoms with Crippen molar-refractivity contribution < 1.29 is 14.3 Å². The van der Waals surface area contributed by atoms with Gasteiger partial charge in [0.05, 0.1) is 25.2 Å². The summed E-state index contributed by atoms with van der Waals surface area (Å²) in [7, 11) is 1.63. The average Bonchev–Trinajstić information content (AvgIpc) is 3.16. The molecule has 3 atom stereocenters. The zero-order valence-corrected chi connectivity index (χ0v) is 13.8. The molecule has 5 nitrogen and oxygen atoms in total. The Hall–Kier alpha value is -0.950. The minimum absolute atomic E-state index is 0.0668. The number of hydrogen-bond donors (Lipinski definition) is 1. The van der Waals surface area contributed by atoms with Gasteiger partial charge in [-0.25, -0.2) is 0 Å². The van der Waals surface area contributed by atoms with Gasteiger partial charge in [0.2, 0.25) is 5.91 Å². The average molecular weight is 324 g/mol. The molecule has 1 amide bonds. The van der Waals surface area contributed by atoms with Crippen LogP contribution in [0.3, 0.4) is 0 Å². The highest BCUT2D eigenvalue weighted by Crippen LogP contribution is 2.34. The van der Waals surface area contributed by atoms with E-state index in [2.05, 4.69) is 27.0 Å². The van der Waals surface area contributed by atoms with Gasteiger partial charge >= 0.3 is 0 Å². The van der Waals surface area contributed by atoms with Gasteiger partial charge in [0, 0.05) is 39.2 Å². The van der Waals surface area contributed by atoms with E-state index in [1.807, 2.05) is 0 Å². The largest absolute Gasteiger partial charge is 0.383 e. The number of amides is 1. The van der Waals surface area contributed by atoms with Crippen LogP contribution in [0, 0.1) is 5.92 Å². The van der Waals surface area contributed by atoms with Crippen molar-refractivity contribution in [2.75, 3.05) is 33.4 Å². The molecule has 0 aromatic carbocycles. The molecule has 0 spiro atoms. The molecule has 1 aromatic heterocycles. The molecule has 0 unspecified atom stereocenters. The summed E-state index contributed by atoms with van der Waals surface area (Å²) in [5, 5.41) is 7.20. The summed E-state index contributed by atoms with van der Waals surface area (Å²) in [4.78, 5) is 14.3. The standard InChI is InChI=1S/C16H24N2O3S/c1-20-4-3-17-16(19)7-14-6-13-9-18(10-15(13)21-14)8-12-2-5-22-11-12/h2,5,11,13-15H,3-4,6-10H2,1H3,(H,17,19)/t13-,14-,15+/m0/s1. The molecule has 3 heterocycles. The van der Waals surface area contributed by atoms with E-state index >= 15 is 0 Å². The zero-order valence-electron chi connectivity index (χ0n) is 13.0. The molecule has 6 heteroatoms. The Morgan fingerprint density at radius 1 is 1.55 bits per heavy atom. The second-order valence-electron chi connectivity index (χ2n) is 6.16. The Morgan fingerprint density at radius 3 is 3.18 bits per heavy atom. The fraction of sp³-hybridized carbons (Fsp3) is 0.688. The van der Waals surface area contributed by atoms with Crippen molar-refractivity contribution >= 4 is 17.2 Å². The van der Waals surface area contributed by atoms with Crippen molar-refractivity contribution in [3.63, 3.8) is 0 Å². The second-order valence-corrected chi connectivity index (χ2v) is 6.94. The minimum Gasteiger partial charge on any atom is -0.383 e. The topological polar surface area (TPSA) is 50.8 Å². The smallest absolute Gasteiger partial charge is 0.222 e. The van der Waals surface area contributed by atoms with Crippen LogP contribution in [0.25, 0.3) is 0 Å². The van der Waals surface area contributed by atoms with Gasteiger partial charge < -0.3 is 14.8 Å². The lowest BCUT2D eigenvalue weighted by atomic mass is 10.0. The number of hydrogen-bond acceptors (Lipinski definition) is 5. The van der Waals surface area contributed by atoms with Crippen LogP contribution in [0.2, 0.25) is 0 Å². The number of ether oxygens (including phenoxy) is 2. The first-order chi connectivity index (χ1) is 10.7. The van der Waals surface area contributed by atoms with Crippen molar-refractivity contribution in [1.82, 2.24) is 10.2 Å². The first kappa shape index (κ1) is 15.9. The highest BCUT2D eigenvalue weighted by Gasteiger charge is 2.42. The van der Waals surface area contributed by atoms with Crippen LogP contribution in [0.15, 0.2) is 16.8 Å². The molecule has 1 N–H and O–H groups in total. The van der Waals surface area contributed by atoms with E-state index in [1.165, 1.54) is 5.56 Å². The Balaban J connectivity index is 1.39. The van der Waals surface area contributed by atoms with E-state index in [-0.39, 0.29) is 12.0 Å². The SMILES string of the molecule is COCCNC(=O)C[C@@H]1C[C@H]2CN(Cc3ccsc3)C[C@H]2O1. The second kappa shape index (κ2) is 7.55. The van der Waals surface area contributed by atoms with E-state index in [9.17, 15) is 4.79 Å². The summed E-state index contributed by atoms with van der Waals surface area (Å²) in [5.41, 5.74) is 1.39. The summed E-state index contributed by atoms with van der Waals surface area (Å²) in [6.07, 6.45) is 1.86. The van der Waals surface area contributed by atoms with Crippen LogP contribution < -0.4 is 5.32 Å². The lowest BCUT2D eigenvalue weighted by molar-refractivity contribution is -0.124. The van der Waals surface area contributed by atoms with Crippen LogP contribution in [0.5, 0.6) is 0 Å². The van der Waals surface area contributed by atoms with Crippen molar-refractivity contribution in [3.8, 4) is 0 Å². The third kappa shape index (κ3) is 4.07. The highest BCUT2D eigenvalue weighted by molar-refractivity contribution is 7.07. The lowest BCUT2D eigenvalue weighted by Crippen LogP contribution is -2.31. The number of methoxy groups -OCH3 is 1. The first-order valence-corrected chi connectivity index (χ1v) is 8.83. The van der Waals surface area contributed by atoms with Crippen molar-refractivity contribution in [2.24, 2.45) is 5.92 Å². The van der Waals surface area contributed by atoms with E-state index in [0.29, 0.717) is 31.6 Å². The number of nitrogens with one attached hydrogen (secondary N) is 1. The molecule has 2 aliphatic heterocycles. The van der Waals surface area contributed by atoms with Crippen molar-refractivity contribution in [2.45, 2.75) is 31.6 Å². The quantitative estimate of drug-likeness (QED) is 0.772. The lowest BCUT2D eigenvalue weighted by Gasteiger charge is -2.18. The maximum atomic E-state index is 11.8. The predicted octanol–water partition coefficient (Wildman–Crippen LogP) is 1.49. The normalized spacial score (nSPS) is 28.0. The number of carbonyl (C=O) groups excluding carboxylic acids is 1. The van der Waals surface area contributed by atoms with E-state index in [4.69, 9.17) is 9.47 Å². The Bertz CT molecular complexity index is 466. The summed E-state index contributed by atoms with van der Waals surface area (Å²) in [6.45, 7) is 4.22. The van der Waals surface area contributed by atoms with E-state index in [1.54, 1.807) is 18.4 Å². The van der Waals surface area contributed by atoms with Crippen LogP contribution in [0.1, 0.15) is 18.4 Å². The molecule has 3 rings (SSSR count). The van der Waals surface area contributed by atoms with Gasteiger partial charge in [-0.05, 0) is 28.8 Å². The molecule has 0 aliphatic carbocycles. The molecule has 0 bridgehead atoms. The summed E-state index contributed by atoms with van der Waals surface area (Å²) >= 11 is 1.75. The maximum absolute atomic E-state index is 11.8. The number of rotatable bonds is 7. The molecular weight excluding hydrogens is 300 g/mol. The molecular formula is C16H24N2O3S. The maximum Gasteiger partial charge on any atom is 0.222 e. The van der Waals surface area contributed by atoms with Gasteiger partial charge in [0.25, 0.3) is 0 Å². The molecule has 22 heavy (non-hydrogen) atoms. The summed E-state index contributed by atoms with van der Waals surface area (Å²) < 4.78 is 11.0. The van der Waals surface area contributed by atoms with E-state index in [0.717, 1.165) is 26.1 Å². The predicted molar refractivity (Wildman–Crippen MR) is 85.9 cm³/mol. The minimum atomic E-state index is 0.0668.